The number of halogens is 3. The predicted molar refractivity (Wildman–Crippen MR) is 135 cm³/mol. The number of hydrogen-bond acceptors (Lipinski definition) is 4. The zero-order valence-corrected chi connectivity index (χ0v) is 20.3. The number of rotatable bonds is 11. The maximum absolute atomic E-state index is 13.0. The van der Waals surface area contributed by atoms with Crippen molar-refractivity contribution in [3.63, 3.8) is 0 Å². The second kappa shape index (κ2) is 11.8. The van der Waals surface area contributed by atoms with Gasteiger partial charge in [0.15, 0.2) is 0 Å². The molecule has 0 radical (unpaired) electrons. The van der Waals surface area contributed by atoms with Crippen LogP contribution in [0.15, 0.2) is 78.9 Å². The van der Waals surface area contributed by atoms with Crippen LogP contribution in [0.2, 0.25) is 0 Å². The number of unbranched alkanes of at least 4 members (excludes halogenated alkanes) is 1. The Labute approximate surface area is 213 Å². The van der Waals surface area contributed by atoms with Crippen molar-refractivity contribution < 1.29 is 27.4 Å². The van der Waals surface area contributed by atoms with Crippen LogP contribution in [0.5, 0.6) is 11.5 Å². The summed E-state index contributed by atoms with van der Waals surface area (Å²) >= 11 is 0. The summed E-state index contributed by atoms with van der Waals surface area (Å²) in [6.07, 6.45) is -2.86. The molecule has 0 fully saturated rings. The first-order valence-electron chi connectivity index (χ1n) is 12.0. The minimum Gasteiger partial charge on any atom is -0.487 e. The monoisotopic (exact) mass is 511 g/mol. The van der Waals surface area contributed by atoms with E-state index in [1.807, 2.05) is 41.0 Å². The predicted octanol–water partition coefficient (Wildman–Crippen LogP) is 6.20. The van der Waals surface area contributed by atoms with Crippen molar-refractivity contribution in [1.29, 1.82) is 0 Å². The lowest BCUT2D eigenvalue weighted by Gasteiger charge is -2.16. The normalized spacial score (nSPS) is 11.5. The van der Waals surface area contributed by atoms with Crippen LogP contribution >= 0.6 is 0 Å². The minimum absolute atomic E-state index is 0.118. The fourth-order valence-corrected chi connectivity index (χ4v) is 3.96. The summed E-state index contributed by atoms with van der Waals surface area (Å²) < 4.78 is 51.1. The molecule has 2 N–H and O–H groups in total. The first kappa shape index (κ1) is 26.1. The molecular formula is C28H28F3N3O3. The summed E-state index contributed by atoms with van der Waals surface area (Å²) in [5.41, 5.74) is 7.92. The summed E-state index contributed by atoms with van der Waals surface area (Å²) in [7, 11) is 0. The molecule has 194 valence electrons. The Hall–Kier alpha value is -3.98. The molecule has 0 unspecified atom stereocenters. The van der Waals surface area contributed by atoms with Gasteiger partial charge in [0.2, 0.25) is 0 Å². The second-order valence-corrected chi connectivity index (χ2v) is 8.49. The fraction of sp³-hybridized carbons (Fsp3) is 0.250. The number of para-hydroxylation sites is 2. The van der Waals surface area contributed by atoms with E-state index in [1.165, 1.54) is 12.1 Å². The molecule has 37 heavy (non-hydrogen) atoms. The maximum atomic E-state index is 13.0. The average molecular weight is 512 g/mol. The van der Waals surface area contributed by atoms with Crippen LogP contribution in [0, 0.1) is 0 Å². The number of hydrazine groups is 1. The SMILES string of the molecule is CCCCNNC(=O)c1ccc2c(c1)cc(COc1ccccc1)n2Cc1ccccc1OC(F)(F)F. The fourth-order valence-electron chi connectivity index (χ4n) is 3.96. The van der Waals surface area contributed by atoms with Gasteiger partial charge >= 0.3 is 6.36 Å². The van der Waals surface area contributed by atoms with E-state index in [0.717, 1.165) is 29.4 Å². The van der Waals surface area contributed by atoms with E-state index in [-0.39, 0.29) is 24.8 Å². The molecule has 1 aromatic heterocycles. The third-order valence-corrected chi connectivity index (χ3v) is 5.76. The van der Waals surface area contributed by atoms with Gasteiger partial charge in [0.1, 0.15) is 18.1 Å². The molecular weight excluding hydrogens is 483 g/mol. The number of alkyl halides is 3. The zero-order chi connectivity index (χ0) is 26.3. The van der Waals surface area contributed by atoms with Crippen LogP contribution in [0.3, 0.4) is 0 Å². The number of amides is 1. The maximum Gasteiger partial charge on any atom is 0.573 e. The third-order valence-electron chi connectivity index (χ3n) is 5.76. The van der Waals surface area contributed by atoms with Crippen molar-refractivity contribution in [2.75, 3.05) is 6.54 Å². The van der Waals surface area contributed by atoms with E-state index < -0.39 is 6.36 Å². The minimum atomic E-state index is -4.80. The molecule has 0 saturated carbocycles. The van der Waals surface area contributed by atoms with Crippen molar-refractivity contribution in [3.05, 3.63) is 95.7 Å². The number of carbonyl (C=O) groups is 1. The summed E-state index contributed by atoms with van der Waals surface area (Å²) in [6, 6.07) is 22.4. The number of ether oxygens (including phenoxy) is 2. The van der Waals surface area contributed by atoms with Gasteiger partial charge in [0.25, 0.3) is 5.91 Å². The van der Waals surface area contributed by atoms with E-state index in [2.05, 4.69) is 22.5 Å². The molecule has 0 saturated heterocycles. The molecule has 0 atom stereocenters. The number of fused-ring (bicyclic) bond motifs is 1. The van der Waals surface area contributed by atoms with E-state index in [4.69, 9.17) is 4.74 Å². The Morgan fingerprint density at radius 1 is 0.973 bits per heavy atom. The Morgan fingerprint density at radius 2 is 1.73 bits per heavy atom. The number of carbonyl (C=O) groups excluding carboxylic acids is 1. The Kier molecular flexibility index (Phi) is 8.35. The molecule has 0 spiro atoms. The molecule has 0 aliphatic rings. The smallest absolute Gasteiger partial charge is 0.487 e. The number of nitrogens with one attached hydrogen (secondary N) is 2. The Bertz CT molecular complexity index is 1340. The van der Waals surface area contributed by atoms with Crippen LogP contribution < -0.4 is 20.3 Å². The largest absolute Gasteiger partial charge is 0.573 e. The Morgan fingerprint density at radius 3 is 2.49 bits per heavy atom. The zero-order valence-electron chi connectivity index (χ0n) is 20.3. The molecule has 9 heteroatoms. The molecule has 0 bridgehead atoms. The molecule has 4 aromatic rings. The topological polar surface area (TPSA) is 64.5 Å². The molecule has 1 heterocycles. The molecule has 4 rings (SSSR count). The quantitative estimate of drug-likeness (QED) is 0.186. The number of aromatic nitrogens is 1. The first-order valence-corrected chi connectivity index (χ1v) is 12.0. The highest BCUT2D eigenvalue weighted by molar-refractivity contribution is 5.98. The van der Waals surface area contributed by atoms with Gasteiger partial charge < -0.3 is 14.0 Å². The van der Waals surface area contributed by atoms with Gasteiger partial charge in [0.05, 0.1) is 12.2 Å². The van der Waals surface area contributed by atoms with Crippen molar-refractivity contribution in [2.45, 2.75) is 39.3 Å². The lowest BCUT2D eigenvalue weighted by Crippen LogP contribution is -2.37. The molecule has 1 amide bonds. The highest BCUT2D eigenvalue weighted by atomic mass is 19.4. The second-order valence-electron chi connectivity index (χ2n) is 8.49. The van der Waals surface area contributed by atoms with Gasteiger partial charge in [0, 0.05) is 28.6 Å². The standard InChI is InChI=1S/C28H28F3N3O3/c1-2-3-15-32-33-27(35)20-13-14-25-22(16-20)17-23(19-36-24-10-5-4-6-11-24)34(25)18-21-9-7-8-12-26(21)37-28(29,30)31/h4-14,16-17,32H,2-3,15,18-19H2,1H3,(H,33,35). The van der Waals surface area contributed by atoms with Crippen molar-refractivity contribution in [2.24, 2.45) is 0 Å². The van der Waals surface area contributed by atoms with Crippen molar-refractivity contribution in [3.8, 4) is 11.5 Å². The van der Waals surface area contributed by atoms with E-state index in [9.17, 15) is 18.0 Å². The van der Waals surface area contributed by atoms with Gasteiger partial charge in [-0.3, -0.25) is 10.2 Å². The van der Waals surface area contributed by atoms with Gasteiger partial charge in [-0.1, -0.05) is 49.7 Å². The summed E-state index contributed by atoms with van der Waals surface area (Å²) in [6.45, 7) is 3.03. The molecule has 6 nitrogen and oxygen atoms in total. The highest BCUT2D eigenvalue weighted by Crippen LogP contribution is 2.30. The van der Waals surface area contributed by atoms with Crippen LogP contribution in [0.4, 0.5) is 13.2 Å². The van der Waals surface area contributed by atoms with Crippen LogP contribution in [0.1, 0.15) is 41.4 Å². The van der Waals surface area contributed by atoms with E-state index in [1.54, 1.807) is 30.3 Å². The number of hydrogen-bond donors (Lipinski definition) is 2. The van der Waals surface area contributed by atoms with Gasteiger partial charge in [-0.2, -0.15) is 0 Å². The number of benzene rings is 3. The lowest BCUT2D eigenvalue weighted by molar-refractivity contribution is -0.274. The average Bonchev–Trinajstić information content (AvgIpc) is 3.22. The van der Waals surface area contributed by atoms with Crippen LogP contribution in [0.25, 0.3) is 10.9 Å². The first-order chi connectivity index (χ1) is 17.8. The third kappa shape index (κ3) is 7.04. The van der Waals surface area contributed by atoms with E-state index in [0.29, 0.717) is 23.4 Å². The van der Waals surface area contributed by atoms with Crippen molar-refractivity contribution >= 4 is 16.8 Å². The van der Waals surface area contributed by atoms with Crippen molar-refractivity contribution in [1.82, 2.24) is 15.4 Å². The lowest BCUT2D eigenvalue weighted by atomic mass is 10.1. The van der Waals surface area contributed by atoms with E-state index >= 15 is 0 Å². The summed E-state index contributed by atoms with van der Waals surface area (Å²) in [5, 5.41) is 0.766. The van der Waals surface area contributed by atoms with Gasteiger partial charge in [-0.15, -0.1) is 13.2 Å². The van der Waals surface area contributed by atoms with Crippen LogP contribution in [-0.4, -0.2) is 23.4 Å². The van der Waals surface area contributed by atoms with Gasteiger partial charge in [-0.05, 0) is 48.9 Å². The molecule has 0 aliphatic carbocycles. The number of nitrogens with zero attached hydrogens (tertiary/aromatic N) is 1. The Balaban J connectivity index is 1.66. The highest BCUT2D eigenvalue weighted by Gasteiger charge is 2.32. The summed E-state index contributed by atoms with van der Waals surface area (Å²) in [5.74, 6) is 0.135. The van der Waals surface area contributed by atoms with Gasteiger partial charge in [-0.25, -0.2) is 5.43 Å². The molecule has 0 aliphatic heterocycles. The van der Waals surface area contributed by atoms with Crippen LogP contribution in [-0.2, 0) is 13.2 Å². The summed E-state index contributed by atoms with van der Waals surface area (Å²) in [4.78, 5) is 12.6. The molecule has 3 aromatic carbocycles.